The number of nitrogens with one attached hydrogen (secondary N) is 1. The second-order valence-corrected chi connectivity index (χ2v) is 7.40. The fraction of sp³-hybridized carbons (Fsp3) is 0.812. The van der Waals surface area contributed by atoms with Crippen molar-refractivity contribution in [3.05, 3.63) is 11.9 Å². The van der Waals surface area contributed by atoms with E-state index in [1.54, 1.807) is 7.11 Å². The first-order chi connectivity index (χ1) is 10.2. The lowest BCUT2D eigenvalue weighted by molar-refractivity contribution is 0.394. The van der Waals surface area contributed by atoms with E-state index in [0.717, 1.165) is 16.8 Å². The number of hydrogen-bond donors (Lipinski definition) is 1. The van der Waals surface area contributed by atoms with Crippen LogP contribution in [0.15, 0.2) is 6.20 Å². The maximum Gasteiger partial charge on any atom is 0.161 e. The zero-order valence-corrected chi connectivity index (χ0v) is 14.6. The van der Waals surface area contributed by atoms with E-state index in [9.17, 15) is 0 Å². The van der Waals surface area contributed by atoms with Gasteiger partial charge in [0, 0.05) is 17.0 Å². The van der Waals surface area contributed by atoms with Crippen LogP contribution in [0, 0.1) is 0 Å². The number of ether oxygens (including phenoxy) is 1. The van der Waals surface area contributed by atoms with Crippen molar-refractivity contribution < 1.29 is 4.74 Å². The fourth-order valence-electron chi connectivity index (χ4n) is 3.02. The molecule has 1 atom stereocenters. The van der Waals surface area contributed by atoms with Gasteiger partial charge in [0.05, 0.1) is 25.0 Å². The Balaban J connectivity index is 2.07. The van der Waals surface area contributed by atoms with E-state index in [0.29, 0.717) is 6.04 Å². The minimum Gasteiger partial charge on any atom is -0.493 e. The predicted octanol–water partition coefficient (Wildman–Crippen LogP) is 3.80. The second-order valence-electron chi connectivity index (χ2n) is 6.07. The summed E-state index contributed by atoms with van der Waals surface area (Å²) in [5.41, 5.74) is 1.18. The molecular weight excluding hydrogens is 282 g/mol. The normalized spacial score (nSPS) is 18.1. The molecule has 0 bridgehead atoms. The van der Waals surface area contributed by atoms with Crippen LogP contribution in [0.1, 0.15) is 63.7 Å². The Hall–Kier alpha value is -0.680. The molecule has 0 spiro atoms. The van der Waals surface area contributed by atoms with Crippen LogP contribution >= 0.6 is 11.8 Å². The Labute approximate surface area is 133 Å². The van der Waals surface area contributed by atoms with Crippen molar-refractivity contribution in [2.24, 2.45) is 0 Å². The highest BCUT2D eigenvalue weighted by atomic mass is 32.2. The number of methoxy groups -OCH3 is 1. The van der Waals surface area contributed by atoms with Gasteiger partial charge in [0.15, 0.2) is 5.75 Å². The third kappa shape index (κ3) is 4.16. The highest BCUT2D eigenvalue weighted by molar-refractivity contribution is 7.99. The van der Waals surface area contributed by atoms with Crippen molar-refractivity contribution in [3.63, 3.8) is 0 Å². The van der Waals surface area contributed by atoms with E-state index in [4.69, 9.17) is 4.74 Å². The Bertz CT molecular complexity index is 427. The summed E-state index contributed by atoms with van der Waals surface area (Å²) in [4.78, 5) is 0. The Morgan fingerprint density at radius 2 is 2.10 bits per heavy atom. The van der Waals surface area contributed by atoms with Crippen molar-refractivity contribution in [3.8, 4) is 5.75 Å². The van der Waals surface area contributed by atoms with Gasteiger partial charge in [-0.1, -0.05) is 19.3 Å². The molecule has 1 heterocycles. The van der Waals surface area contributed by atoms with Crippen LogP contribution in [0.2, 0.25) is 0 Å². The molecule has 5 heteroatoms. The molecular formula is C16H29N3OS. The lowest BCUT2D eigenvalue weighted by atomic mass is 10.0. The predicted molar refractivity (Wildman–Crippen MR) is 90.3 cm³/mol. The molecule has 1 aromatic heterocycles. The molecule has 1 fully saturated rings. The molecule has 0 amide bonds. The maximum atomic E-state index is 5.52. The zero-order valence-electron chi connectivity index (χ0n) is 13.8. The average molecular weight is 311 g/mol. The number of nitrogens with zero attached hydrogens (tertiary/aromatic N) is 2. The molecule has 1 aliphatic carbocycles. The summed E-state index contributed by atoms with van der Waals surface area (Å²) in [6.45, 7) is 4.33. The molecule has 0 aliphatic heterocycles. The van der Waals surface area contributed by atoms with Gasteiger partial charge in [-0.15, -0.1) is 0 Å². The second kappa shape index (κ2) is 8.08. The van der Waals surface area contributed by atoms with Gasteiger partial charge in [0.2, 0.25) is 0 Å². The largest absolute Gasteiger partial charge is 0.493 e. The summed E-state index contributed by atoms with van der Waals surface area (Å²) in [6.07, 6.45) is 8.80. The molecule has 120 valence electrons. The summed E-state index contributed by atoms with van der Waals surface area (Å²) in [5.74, 6) is 1.97. The molecule has 1 aliphatic rings. The van der Waals surface area contributed by atoms with Crippen molar-refractivity contribution in [1.82, 2.24) is 15.1 Å². The van der Waals surface area contributed by atoms with Gasteiger partial charge in [-0.2, -0.15) is 16.9 Å². The van der Waals surface area contributed by atoms with E-state index < -0.39 is 0 Å². The third-order valence-electron chi connectivity index (χ3n) is 4.24. The molecule has 1 N–H and O–H groups in total. The maximum absolute atomic E-state index is 5.52. The highest BCUT2D eigenvalue weighted by Crippen LogP contribution is 2.34. The molecule has 2 rings (SSSR count). The third-order valence-corrected chi connectivity index (χ3v) is 5.71. The molecule has 0 aromatic carbocycles. The number of hydrogen-bond acceptors (Lipinski definition) is 4. The van der Waals surface area contributed by atoms with Crippen molar-refractivity contribution in [2.75, 3.05) is 19.9 Å². The summed E-state index contributed by atoms with van der Waals surface area (Å²) in [7, 11) is 3.76. The van der Waals surface area contributed by atoms with E-state index in [1.165, 1.54) is 37.8 Å². The smallest absolute Gasteiger partial charge is 0.161 e. The first kappa shape index (κ1) is 16.7. The Kier molecular flexibility index (Phi) is 6.42. The van der Waals surface area contributed by atoms with Gasteiger partial charge < -0.3 is 10.1 Å². The minimum absolute atomic E-state index is 0.289. The first-order valence-corrected chi connectivity index (χ1v) is 9.12. The summed E-state index contributed by atoms with van der Waals surface area (Å²) in [6, 6.07) is 0.635. The Morgan fingerprint density at radius 1 is 1.38 bits per heavy atom. The standard InChI is InChI=1S/C16H29N3OS/c1-12(2)19-16(15(20-4)10-18-19)14(17-3)11-21-13-8-6-5-7-9-13/h10,12-14,17H,5-9,11H2,1-4H3. The summed E-state index contributed by atoms with van der Waals surface area (Å²) in [5, 5.41) is 8.77. The SMILES string of the molecule is CNC(CSC1CCCCC1)c1c(OC)cnn1C(C)C. The first-order valence-electron chi connectivity index (χ1n) is 8.07. The summed E-state index contributed by atoms with van der Waals surface area (Å²) < 4.78 is 7.60. The zero-order chi connectivity index (χ0) is 15.2. The van der Waals surface area contributed by atoms with Crippen molar-refractivity contribution >= 4 is 11.8 Å². The summed E-state index contributed by atoms with van der Waals surface area (Å²) >= 11 is 2.11. The van der Waals surface area contributed by atoms with Gasteiger partial charge in [0.25, 0.3) is 0 Å². The topological polar surface area (TPSA) is 39.1 Å². The fourth-order valence-corrected chi connectivity index (χ4v) is 4.47. The highest BCUT2D eigenvalue weighted by Gasteiger charge is 2.24. The number of aromatic nitrogens is 2. The van der Waals surface area contributed by atoms with Crippen LogP contribution < -0.4 is 10.1 Å². The van der Waals surface area contributed by atoms with Crippen LogP contribution in [-0.2, 0) is 0 Å². The molecule has 21 heavy (non-hydrogen) atoms. The van der Waals surface area contributed by atoms with Crippen molar-refractivity contribution in [2.45, 2.75) is 63.3 Å². The quantitative estimate of drug-likeness (QED) is 0.831. The van der Waals surface area contributed by atoms with Gasteiger partial charge in [-0.25, -0.2) is 0 Å². The van der Waals surface area contributed by atoms with E-state index in [1.807, 2.05) is 13.2 Å². The van der Waals surface area contributed by atoms with Crippen LogP contribution in [0.25, 0.3) is 0 Å². The molecule has 0 saturated heterocycles. The molecule has 4 nitrogen and oxygen atoms in total. The van der Waals surface area contributed by atoms with Gasteiger partial charge >= 0.3 is 0 Å². The van der Waals surface area contributed by atoms with E-state index in [-0.39, 0.29) is 6.04 Å². The lowest BCUT2D eigenvalue weighted by Crippen LogP contribution is -2.25. The van der Waals surface area contributed by atoms with Crippen LogP contribution in [0.3, 0.4) is 0 Å². The average Bonchev–Trinajstić information content (AvgIpc) is 2.93. The number of rotatable bonds is 7. The van der Waals surface area contributed by atoms with Gasteiger partial charge in [0.1, 0.15) is 0 Å². The van der Waals surface area contributed by atoms with E-state index in [2.05, 4.69) is 40.7 Å². The molecule has 1 saturated carbocycles. The van der Waals surface area contributed by atoms with Gasteiger partial charge in [-0.3, -0.25) is 4.68 Å². The molecule has 1 unspecified atom stereocenters. The monoisotopic (exact) mass is 311 g/mol. The van der Waals surface area contributed by atoms with Crippen LogP contribution in [0.5, 0.6) is 5.75 Å². The Morgan fingerprint density at radius 3 is 2.67 bits per heavy atom. The van der Waals surface area contributed by atoms with Crippen LogP contribution in [0.4, 0.5) is 0 Å². The van der Waals surface area contributed by atoms with E-state index >= 15 is 0 Å². The van der Waals surface area contributed by atoms with Crippen molar-refractivity contribution in [1.29, 1.82) is 0 Å². The van der Waals surface area contributed by atoms with Gasteiger partial charge in [-0.05, 0) is 33.7 Å². The van der Waals surface area contributed by atoms with Crippen LogP contribution in [-0.4, -0.2) is 34.9 Å². The minimum atomic E-state index is 0.289. The molecule has 1 aromatic rings. The number of thioether (sulfide) groups is 1. The molecule has 0 radical (unpaired) electrons. The lowest BCUT2D eigenvalue weighted by Gasteiger charge is -2.25.